The van der Waals surface area contributed by atoms with Gasteiger partial charge in [0.2, 0.25) is 0 Å². The monoisotopic (exact) mass is 491 g/mol. The van der Waals surface area contributed by atoms with Crippen LogP contribution in [-0.2, 0) is 13.2 Å². The van der Waals surface area contributed by atoms with Gasteiger partial charge in [-0.1, -0.05) is 0 Å². The molecule has 0 spiro atoms. The second-order valence-electron chi connectivity index (χ2n) is 8.59. The molecule has 186 valence electrons. The fourth-order valence-corrected chi connectivity index (χ4v) is 3.99. The molecule has 1 atom stereocenters. The summed E-state index contributed by atoms with van der Waals surface area (Å²) in [4.78, 5) is 31.7. The van der Waals surface area contributed by atoms with Gasteiger partial charge in [-0.2, -0.15) is 18.3 Å². The number of hydrogen-bond acceptors (Lipinski definition) is 8. The average Bonchev–Trinajstić information content (AvgIpc) is 2.81. The predicted molar refractivity (Wildman–Crippen MR) is 125 cm³/mol. The van der Waals surface area contributed by atoms with E-state index in [0.717, 1.165) is 43.0 Å². The number of alkyl halides is 3. The molecule has 1 saturated heterocycles. The van der Waals surface area contributed by atoms with Gasteiger partial charge in [0.05, 0.1) is 21.9 Å². The minimum absolute atomic E-state index is 0.0590. The zero-order valence-electron chi connectivity index (χ0n) is 19.3. The standard InChI is InChI=1S/C22H24F3N7O3/c1-13(14-8-15(22(23,24)25)10-16(9-14)32(34)35)27-20-17-11-19(31-6-4-29(2)5-7-31)26-12-18(17)21(33)30(3)28-20/h8-13H,4-7H2,1-3H3,(H,27,28)/t13-/m1/s1. The molecule has 0 amide bonds. The van der Waals surface area contributed by atoms with E-state index >= 15 is 0 Å². The van der Waals surface area contributed by atoms with Crippen LogP contribution < -0.4 is 15.8 Å². The Morgan fingerprint density at radius 2 is 1.77 bits per heavy atom. The Hall–Kier alpha value is -3.74. The Bertz CT molecular complexity index is 1330. The van der Waals surface area contributed by atoms with Gasteiger partial charge in [-0.05, 0) is 31.7 Å². The summed E-state index contributed by atoms with van der Waals surface area (Å²) in [6, 6.07) is 3.41. The smallest absolute Gasteiger partial charge is 0.362 e. The summed E-state index contributed by atoms with van der Waals surface area (Å²) in [6.07, 6.45) is -3.27. The second kappa shape index (κ2) is 9.13. The molecule has 0 bridgehead atoms. The number of nitro groups is 1. The van der Waals surface area contributed by atoms with E-state index in [0.29, 0.717) is 22.7 Å². The van der Waals surface area contributed by atoms with Gasteiger partial charge >= 0.3 is 6.18 Å². The van der Waals surface area contributed by atoms with Gasteiger partial charge in [0, 0.05) is 56.9 Å². The molecule has 10 nitrogen and oxygen atoms in total. The molecular formula is C22H24F3N7O3. The highest BCUT2D eigenvalue weighted by Crippen LogP contribution is 2.35. The zero-order chi connectivity index (χ0) is 25.5. The molecule has 0 saturated carbocycles. The van der Waals surface area contributed by atoms with Crippen molar-refractivity contribution in [3.63, 3.8) is 0 Å². The van der Waals surface area contributed by atoms with Crippen LogP contribution in [0.15, 0.2) is 35.3 Å². The van der Waals surface area contributed by atoms with E-state index in [1.807, 2.05) is 7.05 Å². The molecule has 0 aliphatic carbocycles. The van der Waals surface area contributed by atoms with Crippen LogP contribution in [-0.4, -0.2) is 57.8 Å². The summed E-state index contributed by atoms with van der Waals surface area (Å²) in [5.41, 5.74) is -2.09. The van der Waals surface area contributed by atoms with Gasteiger partial charge in [-0.15, -0.1) is 0 Å². The van der Waals surface area contributed by atoms with Gasteiger partial charge in [0.1, 0.15) is 5.82 Å². The highest BCUT2D eigenvalue weighted by Gasteiger charge is 2.33. The van der Waals surface area contributed by atoms with Crippen molar-refractivity contribution in [1.82, 2.24) is 19.7 Å². The number of pyridine rings is 1. The summed E-state index contributed by atoms with van der Waals surface area (Å²) < 4.78 is 41.1. The number of benzene rings is 1. The number of nitrogens with one attached hydrogen (secondary N) is 1. The highest BCUT2D eigenvalue weighted by molar-refractivity contribution is 5.92. The van der Waals surface area contributed by atoms with E-state index in [4.69, 9.17) is 0 Å². The number of nitro benzene ring substituents is 1. The number of likely N-dealkylation sites (N-methyl/N-ethyl adjacent to an activating group) is 1. The number of piperazine rings is 1. The first-order valence-corrected chi connectivity index (χ1v) is 10.9. The lowest BCUT2D eigenvalue weighted by Crippen LogP contribution is -2.44. The van der Waals surface area contributed by atoms with Crippen LogP contribution in [0.5, 0.6) is 0 Å². The number of aryl methyl sites for hydroxylation is 1. The Labute approximate surface area is 198 Å². The molecule has 1 fully saturated rings. The second-order valence-corrected chi connectivity index (χ2v) is 8.59. The molecule has 1 aliphatic heterocycles. The van der Waals surface area contributed by atoms with Crippen LogP contribution in [0.4, 0.5) is 30.5 Å². The first kappa shape index (κ1) is 24.4. The van der Waals surface area contributed by atoms with Crippen LogP contribution in [0.2, 0.25) is 0 Å². The van der Waals surface area contributed by atoms with Gasteiger partial charge in [0.25, 0.3) is 11.2 Å². The molecular weight excluding hydrogens is 467 g/mol. The Morgan fingerprint density at radius 3 is 2.40 bits per heavy atom. The highest BCUT2D eigenvalue weighted by atomic mass is 19.4. The van der Waals surface area contributed by atoms with Crippen molar-refractivity contribution >= 4 is 28.1 Å². The van der Waals surface area contributed by atoms with Crippen molar-refractivity contribution in [2.45, 2.75) is 19.1 Å². The first-order chi connectivity index (χ1) is 16.4. The third-order valence-corrected chi connectivity index (χ3v) is 6.08. The van der Waals surface area contributed by atoms with Crippen molar-refractivity contribution in [3.8, 4) is 0 Å². The lowest BCUT2D eigenvalue weighted by molar-refractivity contribution is -0.385. The van der Waals surface area contributed by atoms with Crippen molar-refractivity contribution < 1.29 is 18.1 Å². The average molecular weight is 491 g/mol. The topological polar surface area (TPSA) is 109 Å². The van der Waals surface area contributed by atoms with E-state index < -0.39 is 28.4 Å². The largest absolute Gasteiger partial charge is 0.416 e. The number of hydrogen-bond donors (Lipinski definition) is 1. The van der Waals surface area contributed by atoms with E-state index in [1.165, 1.54) is 13.2 Å². The fraction of sp³-hybridized carbons (Fsp3) is 0.409. The van der Waals surface area contributed by atoms with Crippen LogP contribution in [0.25, 0.3) is 10.8 Å². The number of fused-ring (bicyclic) bond motifs is 1. The number of aromatic nitrogens is 3. The Morgan fingerprint density at radius 1 is 1.09 bits per heavy atom. The van der Waals surface area contributed by atoms with E-state index in [9.17, 15) is 28.1 Å². The molecule has 1 aromatic carbocycles. The molecule has 0 radical (unpaired) electrons. The third-order valence-electron chi connectivity index (χ3n) is 6.08. The summed E-state index contributed by atoms with van der Waals surface area (Å²) >= 11 is 0. The van der Waals surface area contributed by atoms with Gasteiger partial charge in [-0.25, -0.2) is 9.67 Å². The maximum Gasteiger partial charge on any atom is 0.416 e. The summed E-state index contributed by atoms with van der Waals surface area (Å²) in [5, 5.41) is 19.3. The SMILES string of the molecule is C[C@@H](Nc1nn(C)c(=O)c2cnc(N3CCN(C)CC3)cc12)c1cc([N+](=O)[O-])cc(C(F)(F)F)c1. The molecule has 13 heteroatoms. The van der Waals surface area contributed by atoms with Crippen molar-refractivity contribution in [1.29, 1.82) is 0 Å². The quantitative estimate of drug-likeness (QED) is 0.428. The predicted octanol–water partition coefficient (Wildman–Crippen LogP) is 3.18. The van der Waals surface area contributed by atoms with Crippen molar-refractivity contribution in [3.05, 3.63) is 62.1 Å². The minimum atomic E-state index is -4.74. The number of rotatable bonds is 5. The van der Waals surface area contributed by atoms with Crippen molar-refractivity contribution in [2.24, 2.45) is 7.05 Å². The Balaban J connectivity index is 1.75. The number of halogens is 3. The van der Waals surface area contributed by atoms with Crippen LogP contribution in [0, 0.1) is 10.1 Å². The fourth-order valence-electron chi connectivity index (χ4n) is 3.99. The maximum atomic E-state index is 13.3. The normalized spacial score (nSPS) is 15.9. The molecule has 3 aromatic rings. The maximum absolute atomic E-state index is 13.3. The van der Waals surface area contributed by atoms with Crippen molar-refractivity contribution in [2.75, 3.05) is 43.4 Å². The molecule has 4 rings (SSSR count). The van der Waals surface area contributed by atoms with E-state index in [1.54, 1.807) is 13.0 Å². The van der Waals surface area contributed by atoms with Gasteiger partial charge in [-0.3, -0.25) is 14.9 Å². The van der Waals surface area contributed by atoms with Gasteiger partial charge < -0.3 is 15.1 Å². The Kier molecular flexibility index (Phi) is 6.36. The summed E-state index contributed by atoms with van der Waals surface area (Å²) in [6.45, 7) is 4.77. The summed E-state index contributed by atoms with van der Waals surface area (Å²) in [7, 11) is 3.49. The lowest BCUT2D eigenvalue weighted by Gasteiger charge is -2.33. The third kappa shape index (κ3) is 5.04. The molecule has 3 heterocycles. The number of anilines is 2. The van der Waals surface area contributed by atoms with Crippen LogP contribution >= 0.6 is 0 Å². The summed E-state index contributed by atoms with van der Waals surface area (Å²) in [5.74, 6) is 0.915. The molecule has 2 aromatic heterocycles. The van der Waals surface area contributed by atoms with E-state index in [-0.39, 0.29) is 16.9 Å². The first-order valence-electron chi connectivity index (χ1n) is 10.9. The van der Waals surface area contributed by atoms with Crippen LogP contribution in [0.1, 0.15) is 24.1 Å². The zero-order valence-corrected chi connectivity index (χ0v) is 19.3. The minimum Gasteiger partial charge on any atom is -0.362 e. The van der Waals surface area contributed by atoms with Gasteiger partial charge in [0.15, 0.2) is 5.82 Å². The molecule has 1 N–H and O–H groups in total. The molecule has 1 aliphatic rings. The lowest BCUT2D eigenvalue weighted by atomic mass is 10.0. The molecule has 0 unspecified atom stereocenters. The van der Waals surface area contributed by atoms with E-state index in [2.05, 4.69) is 25.2 Å². The number of nitrogens with zero attached hydrogens (tertiary/aromatic N) is 6. The molecule has 35 heavy (non-hydrogen) atoms. The number of non-ortho nitro benzene ring substituents is 1. The van der Waals surface area contributed by atoms with Crippen LogP contribution in [0.3, 0.4) is 0 Å².